The molecule has 0 aliphatic carbocycles. The van der Waals surface area contributed by atoms with E-state index in [1.807, 2.05) is 97.9 Å². The predicted octanol–water partition coefficient (Wildman–Crippen LogP) is 6.74. The van der Waals surface area contributed by atoms with Gasteiger partial charge < -0.3 is 9.55 Å². The van der Waals surface area contributed by atoms with E-state index in [1.165, 1.54) is 0 Å². The molecule has 173 valence electrons. The van der Waals surface area contributed by atoms with Crippen LogP contribution in [-0.4, -0.2) is 19.5 Å². The van der Waals surface area contributed by atoms with E-state index in [9.17, 15) is 0 Å². The Morgan fingerprint density at radius 2 is 1.34 bits per heavy atom. The Balaban J connectivity index is 0.000000189. The second-order valence-electron chi connectivity index (χ2n) is 7.67. The van der Waals surface area contributed by atoms with Gasteiger partial charge in [-0.05, 0) is 42.9 Å². The molecule has 6 aromatic rings. The van der Waals surface area contributed by atoms with E-state index < -0.39 is 0 Å². The zero-order chi connectivity index (χ0) is 23.2. The molecule has 3 aromatic carbocycles. The SMILES string of the molecule is Cc1ccc2c(n1)nc(-c1[c-]cccc1)n2-c1ccccc1.[Ir].[c-]1ccccc1-c1ccccn1. The molecule has 0 saturated heterocycles. The Hall–Kier alpha value is -3.92. The van der Waals surface area contributed by atoms with Gasteiger partial charge in [0.25, 0.3) is 0 Å². The van der Waals surface area contributed by atoms with Gasteiger partial charge in [0.05, 0.1) is 11.3 Å². The fraction of sp³-hybridized carbons (Fsp3) is 0.0333. The molecule has 35 heavy (non-hydrogen) atoms. The molecule has 5 heteroatoms. The van der Waals surface area contributed by atoms with Crippen LogP contribution in [0.1, 0.15) is 5.69 Å². The summed E-state index contributed by atoms with van der Waals surface area (Å²) in [6, 6.07) is 42.3. The summed E-state index contributed by atoms with van der Waals surface area (Å²) in [6.45, 7) is 1.98. The number of hydrogen-bond donors (Lipinski definition) is 0. The molecule has 0 aliphatic heterocycles. The molecule has 3 heterocycles. The van der Waals surface area contributed by atoms with Gasteiger partial charge in [-0.1, -0.05) is 30.3 Å². The summed E-state index contributed by atoms with van der Waals surface area (Å²) in [5.41, 5.74) is 6.77. The Kier molecular flexibility index (Phi) is 7.94. The molecule has 0 N–H and O–H groups in total. The maximum atomic E-state index is 4.74. The van der Waals surface area contributed by atoms with Crippen molar-refractivity contribution in [1.82, 2.24) is 19.5 Å². The molecule has 0 unspecified atom stereocenters. The van der Waals surface area contributed by atoms with Crippen molar-refractivity contribution in [3.8, 4) is 28.3 Å². The smallest absolute Gasteiger partial charge is 0.168 e. The molecule has 0 aliphatic rings. The summed E-state index contributed by atoms with van der Waals surface area (Å²) in [4.78, 5) is 13.5. The first-order chi connectivity index (χ1) is 16.8. The molecule has 4 nitrogen and oxygen atoms in total. The van der Waals surface area contributed by atoms with Crippen molar-refractivity contribution in [1.29, 1.82) is 0 Å². The van der Waals surface area contributed by atoms with Crippen LogP contribution >= 0.6 is 0 Å². The van der Waals surface area contributed by atoms with Crippen molar-refractivity contribution in [2.75, 3.05) is 0 Å². The monoisotopic (exact) mass is 631 g/mol. The van der Waals surface area contributed by atoms with E-state index in [-0.39, 0.29) is 20.1 Å². The van der Waals surface area contributed by atoms with Crippen molar-refractivity contribution in [3.63, 3.8) is 0 Å². The number of nitrogens with zero attached hydrogens (tertiary/aromatic N) is 4. The fourth-order valence-electron chi connectivity index (χ4n) is 3.68. The van der Waals surface area contributed by atoms with Crippen LogP contribution in [0.4, 0.5) is 0 Å². The minimum atomic E-state index is 0. The van der Waals surface area contributed by atoms with E-state index in [0.29, 0.717) is 0 Å². The molecule has 6 rings (SSSR count). The van der Waals surface area contributed by atoms with Gasteiger partial charge in [0.15, 0.2) is 5.65 Å². The van der Waals surface area contributed by atoms with Gasteiger partial charge in [-0.15, -0.1) is 71.8 Å². The van der Waals surface area contributed by atoms with Crippen molar-refractivity contribution >= 4 is 11.2 Å². The second kappa shape index (κ2) is 11.5. The maximum absolute atomic E-state index is 4.74. The number of aromatic nitrogens is 4. The number of pyridine rings is 2. The Labute approximate surface area is 218 Å². The molecular formula is C30H22IrN4-2. The van der Waals surface area contributed by atoms with Crippen molar-refractivity contribution in [2.45, 2.75) is 6.92 Å². The Morgan fingerprint density at radius 3 is 2.00 bits per heavy atom. The first-order valence-electron chi connectivity index (χ1n) is 11.1. The van der Waals surface area contributed by atoms with Gasteiger partial charge in [-0.2, -0.15) is 0 Å². The average molecular weight is 631 g/mol. The van der Waals surface area contributed by atoms with Crippen LogP contribution in [0.2, 0.25) is 0 Å². The number of rotatable bonds is 3. The number of benzene rings is 3. The van der Waals surface area contributed by atoms with Crippen molar-refractivity contribution < 1.29 is 20.1 Å². The van der Waals surface area contributed by atoms with E-state index in [2.05, 4.69) is 44.9 Å². The summed E-state index contributed by atoms with van der Waals surface area (Å²) >= 11 is 0. The van der Waals surface area contributed by atoms with Gasteiger partial charge >= 0.3 is 0 Å². The maximum Gasteiger partial charge on any atom is 0.168 e. The predicted molar refractivity (Wildman–Crippen MR) is 136 cm³/mol. The topological polar surface area (TPSA) is 43.6 Å². The Morgan fingerprint density at radius 1 is 0.657 bits per heavy atom. The van der Waals surface area contributed by atoms with Gasteiger partial charge in [0, 0.05) is 37.7 Å². The van der Waals surface area contributed by atoms with E-state index in [4.69, 9.17) is 4.98 Å². The standard InChI is InChI=1S/C19H14N3.C11H8N.Ir/c1-14-12-13-17-18(20-14)21-19(15-8-4-2-5-9-15)22(17)16-10-6-3-7-11-16;1-2-6-10(7-3-1)11-8-4-5-9-12-11;/h2-8,10-13H,1H3;1-6,8-9H;/q2*-1;. The van der Waals surface area contributed by atoms with Gasteiger partial charge in [0.1, 0.15) is 0 Å². The molecule has 0 saturated carbocycles. The largest absolute Gasteiger partial charge is 0.332 e. The van der Waals surface area contributed by atoms with Crippen LogP contribution in [0.15, 0.2) is 115 Å². The molecule has 1 radical (unpaired) electrons. The minimum absolute atomic E-state index is 0. The molecule has 0 atom stereocenters. The summed E-state index contributed by atoms with van der Waals surface area (Å²) in [7, 11) is 0. The third-order valence-electron chi connectivity index (χ3n) is 5.27. The number of imidazole rings is 1. The second-order valence-corrected chi connectivity index (χ2v) is 7.67. The third-order valence-corrected chi connectivity index (χ3v) is 5.27. The van der Waals surface area contributed by atoms with E-state index >= 15 is 0 Å². The average Bonchev–Trinajstić information content (AvgIpc) is 3.30. The van der Waals surface area contributed by atoms with Crippen LogP contribution in [0, 0.1) is 19.1 Å². The molecule has 0 spiro atoms. The van der Waals surface area contributed by atoms with Crippen LogP contribution in [0.3, 0.4) is 0 Å². The fourth-order valence-corrected chi connectivity index (χ4v) is 3.68. The van der Waals surface area contributed by atoms with E-state index in [1.54, 1.807) is 6.20 Å². The third kappa shape index (κ3) is 5.60. The van der Waals surface area contributed by atoms with Crippen molar-refractivity contribution in [2.24, 2.45) is 0 Å². The summed E-state index contributed by atoms with van der Waals surface area (Å²) in [5, 5.41) is 0. The van der Waals surface area contributed by atoms with Crippen LogP contribution in [0.25, 0.3) is 39.5 Å². The molecule has 3 aromatic heterocycles. The zero-order valence-electron chi connectivity index (χ0n) is 19.1. The van der Waals surface area contributed by atoms with Gasteiger partial charge in [-0.3, -0.25) is 4.98 Å². The van der Waals surface area contributed by atoms with Crippen LogP contribution in [-0.2, 0) is 20.1 Å². The summed E-state index contributed by atoms with van der Waals surface area (Å²) in [6.07, 6.45) is 1.79. The minimum Gasteiger partial charge on any atom is -0.332 e. The number of para-hydroxylation sites is 1. The number of fused-ring (bicyclic) bond motifs is 1. The van der Waals surface area contributed by atoms with Gasteiger partial charge in [0.2, 0.25) is 0 Å². The van der Waals surface area contributed by atoms with Gasteiger partial charge in [-0.25, -0.2) is 4.98 Å². The van der Waals surface area contributed by atoms with Crippen molar-refractivity contribution in [3.05, 3.63) is 133 Å². The zero-order valence-corrected chi connectivity index (χ0v) is 21.5. The summed E-state index contributed by atoms with van der Waals surface area (Å²) < 4.78 is 2.13. The normalized spacial score (nSPS) is 10.2. The Bertz CT molecular complexity index is 1450. The van der Waals surface area contributed by atoms with E-state index in [0.717, 1.165) is 45.2 Å². The first kappa shape index (κ1) is 24.2. The molecular weight excluding hydrogens is 609 g/mol. The molecule has 0 amide bonds. The number of aryl methyl sites for hydroxylation is 1. The van der Waals surface area contributed by atoms with Crippen LogP contribution in [0.5, 0.6) is 0 Å². The molecule has 0 bridgehead atoms. The first-order valence-corrected chi connectivity index (χ1v) is 11.1. The van der Waals surface area contributed by atoms with Crippen LogP contribution < -0.4 is 0 Å². The summed E-state index contributed by atoms with van der Waals surface area (Å²) in [5.74, 6) is 0.861. The number of hydrogen-bond acceptors (Lipinski definition) is 3. The quantitative estimate of drug-likeness (QED) is 0.204. The molecule has 0 fully saturated rings.